The predicted molar refractivity (Wildman–Crippen MR) is 118 cm³/mol. The molecule has 0 unspecified atom stereocenters. The summed E-state index contributed by atoms with van der Waals surface area (Å²) in [5.74, 6) is 0.836. The van der Waals surface area contributed by atoms with E-state index in [1.54, 1.807) is 0 Å². The summed E-state index contributed by atoms with van der Waals surface area (Å²) in [5.41, 5.74) is 4.01. The van der Waals surface area contributed by atoms with Crippen LogP contribution in [0, 0.1) is 11.3 Å². The molecule has 0 saturated carbocycles. The van der Waals surface area contributed by atoms with Gasteiger partial charge in [-0.3, -0.25) is 4.79 Å². The molecular weight excluding hydrogens is 382 g/mol. The highest BCUT2D eigenvalue weighted by atomic mass is 35.5. The summed E-state index contributed by atoms with van der Waals surface area (Å²) in [6.45, 7) is 6.65. The molecule has 0 aliphatic heterocycles. The van der Waals surface area contributed by atoms with Gasteiger partial charge in [-0.1, -0.05) is 81.3 Å². The highest BCUT2D eigenvalue weighted by molar-refractivity contribution is 6.31. The highest BCUT2D eigenvalue weighted by Gasteiger charge is 2.15. The number of aromatic nitrogens is 2. The van der Waals surface area contributed by atoms with Crippen LogP contribution in [0.5, 0.6) is 0 Å². The Morgan fingerprint density at radius 1 is 1.14 bits per heavy atom. The molecule has 3 aromatic rings. The van der Waals surface area contributed by atoms with Crippen molar-refractivity contribution >= 4 is 17.9 Å². The number of imidazole rings is 1. The van der Waals surface area contributed by atoms with Crippen molar-refractivity contribution in [3.8, 4) is 17.2 Å². The maximum Gasteiger partial charge on any atom is 0.169 e. The van der Waals surface area contributed by atoms with Gasteiger partial charge < -0.3 is 4.57 Å². The van der Waals surface area contributed by atoms with E-state index in [1.807, 2.05) is 66.9 Å². The van der Waals surface area contributed by atoms with E-state index in [1.165, 1.54) is 0 Å². The number of carbonyl (C=O) groups is 1. The zero-order chi connectivity index (χ0) is 21.2. The molecule has 0 radical (unpaired) electrons. The van der Waals surface area contributed by atoms with Crippen molar-refractivity contribution in [2.24, 2.45) is 0 Å². The minimum atomic E-state index is 0.260. The van der Waals surface area contributed by atoms with Crippen LogP contribution < -0.4 is 0 Å². The van der Waals surface area contributed by atoms with Gasteiger partial charge in [0.2, 0.25) is 0 Å². The lowest BCUT2D eigenvalue weighted by Gasteiger charge is -2.11. The van der Waals surface area contributed by atoms with E-state index in [0.29, 0.717) is 17.8 Å². The molecule has 3 rings (SSSR count). The van der Waals surface area contributed by atoms with Crippen LogP contribution in [0.4, 0.5) is 0 Å². The number of hydrogen-bond acceptors (Lipinski definition) is 3. The van der Waals surface area contributed by atoms with Crippen molar-refractivity contribution in [3.05, 3.63) is 76.3 Å². The van der Waals surface area contributed by atoms with Crippen LogP contribution >= 0.6 is 11.6 Å². The van der Waals surface area contributed by atoms with Gasteiger partial charge in [-0.25, -0.2) is 4.98 Å². The second kappa shape index (κ2) is 11.2. The molecule has 1 aromatic heterocycles. The first-order chi connectivity index (χ1) is 14.2. The van der Waals surface area contributed by atoms with E-state index in [9.17, 15) is 10.1 Å². The number of carbonyl (C=O) groups excluding carboxylic acids is 1. The fourth-order valence-corrected chi connectivity index (χ4v) is 3.34. The molecule has 0 aliphatic carbocycles. The number of benzene rings is 2. The van der Waals surface area contributed by atoms with Crippen LogP contribution in [0.3, 0.4) is 0 Å². The number of nitrogens with zero attached hydrogens (tertiary/aromatic N) is 3. The highest BCUT2D eigenvalue weighted by Crippen LogP contribution is 2.25. The van der Waals surface area contributed by atoms with Crippen molar-refractivity contribution in [2.75, 3.05) is 0 Å². The quantitative estimate of drug-likeness (QED) is 0.431. The van der Waals surface area contributed by atoms with Crippen LogP contribution in [-0.4, -0.2) is 15.8 Å². The molecule has 4 nitrogen and oxygen atoms in total. The first-order valence-corrected chi connectivity index (χ1v) is 10.3. The second-order valence-corrected chi connectivity index (χ2v) is 6.72. The first-order valence-electron chi connectivity index (χ1n) is 9.96. The van der Waals surface area contributed by atoms with Crippen LogP contribution in [0.25, 0.3) is 11.1 Å². The maximum absolute atomic E-state index is 11.5. The summed E-state index contributed by atoms with van der Waals surface area (Å²) in [7, 11) is 0. The largest absolute Gasteiger partial charge is 0.320 e. The van der Waals surface area contributed by atoms with Gasteiger partial charge in [0.1, 0.15) is 11.5 Å². The molecule has 0 spiro atoms. The smallest absolute Gasteiger partial charge is 0.169 e. The normalized spacial score (nSPS) is 10.0. The van der Waals surface area contributed by atoms with Gasteiger partial charge in [0.15, 0.2) is 11.4 Å². The molecule has 0 saturated heterocycles. The van der Waals surface area contributed by atoms with Gasteiger partial charge in [0.25, 0.3) is 0 Å². The summed E-state index contributed by atoms with van der Waals surface area (Å²) in [6, 6.07) is 17.8. The average molecular weight is 408 g/mol. The zero-order valence-electron chi connectivity index (χ0n) is 17.2. The third-order valence-corrected chi connectivity index (χ3v) is 4.84. The monoisotopic (exact) mass is 407 g/mol. The Morgan fingerprint density at radius 3 is 2.45 bits per heavy atom. The summed E-state index contributed by atoms with van der Waals surface area (Å²) in [5, 5.41) is 9.54. The van der Waals surface area contributed by atoms with Gasteiger partial charge in [0, 0.05) is 13.0 Å². The van der Waals surface area contributed by atoms with Crippen molar-refractivity contribution < 1.29 is 4.79 Å². The molecule has 0 bridgehead atoms. The molecule has 0 atom stereocenters. The Labute approximate surface area is 177 Å². The molecule has 0 amide bonds. The molecule has 150 valence electrons. The van der Waals surface area contributed by atoms with Crippen molar-refractivity contribution in [1.29, 1.82) is 5.26 Å². The standard InChI is InChI=1S/C22H20ClN3O.C2H6/c1-2-3-8-21-25-22(23)20(15-27)26(21)14-16-9-11-17(12-10-16)19-7-5-4-6-18(19)13-24;1-2/h4-7,9-12,15H,2-3,8,14H2,1H3;1-2H3. The van der Waals surface area contributed by atoms with Gasteiger partial charge in [-0.05, 0) is 29.2 Å². The van der Waals surface area contributed by atoms with E-state index >= 15 is 0 Å². The lowest BCUT2D eigenvalue weighted by atomic mass is 9.99. The molecule has 5 heteroatoms. The van der Waals surface area contributed by atoms with Gasteiger partial charge in [-0.2, -0.15) is 5.26 Å². The Kier molecular flexibility index (Phi) is 8.64. The Balaban J connectivity index is 0.00000145. The molecule has 2 aromatic carbocycles. The third-order valence-electron chi connectivity index (χ3n) is 4.56. The van der Waals surface area contributed by atoms with Gasteiger partial charge >= 0.3 is 0 Å². The fraction of sp³-hybridized carbons (Fsp3) is 0.292. The number of unbranched alkanes of at least 4 members (excludes halogenated alkanes) is 1. The van der Waals surface area contributed by atoms with Crippen molar-refractivity contribution in [1.82, 2.24) is 9.55 Å². The maximum atomic E-state index is 11.5. The zero-order valence-corrected chi connectivity index (χ0v) is 17.9. The number of aryl methyl sites for hydroxylation is 1. The molecule has 1 heterocycles. The number of aldehydes is 1. The van der Waals surface area contributed by atoms with Crippen LogP contribution in [0.15, 0.2) is 48.5 Å². The summed E-state index contributed by atoms with van der Waals surface area (Å²) < 4.78 is 1.89. The van der Waals surface area contributed by atoms with Crippen LogP contribution in [0.2, 0.25) is 5.15 Å². The van der Waals surface area contributed by atoms with Crippen molar-refractivity contribution in [3.63, 3.8) is 0 Å². The number of halogens is 1. The van der Waals surface area contributed by atoms with Gasteiger partial charge in [-0.15, -0.1) is 0 Å². The Bertz CT molecular complexity index is 984. The Morgan fingerprint density at radius 2 is 1.83 bits per heavy atom. The summed E-state index contributed by atoms with van der Waals surface area (Å²) >= 11 is 6.14. The second-order valence-electron chi connectivity index (χ2n) is 6.37. The number of nitriles is 1. The molecular formula is C24H26ClN3O. The van der Waals surface area contributed by atoms with E-state index in [-0.39, 0.29) is 5.15 Å². The molecule has 29 heavy (non-hydrogen) atoms. The lowest BCUT2D eigenvalue weighted by Crippen LogP contribution is -2.08. The topological polar surface area (TPSA) is 58.7 Å². The van der Waals surface area contributed by atoms with E-state index < -0.39 is 0 Å². The summed E-state index contributed by atoms with van der Waals surface area (Å²) in [4.78, 5) is 15.8. The molecule has 0 N–H and O–H groups in total. The van der Waals surface area contributed by atoms with Gasteiger partial charge in [0.05, 0.1) is 11.6 Å². The molecule has 0 fully saturated rings. The minimum Gasteiger partial charge on any atom is -0.320 e. The Hall–Kier alpha value is -2.90. The lowest BCUT2D eigenvalue weighted by molar-refractivity contribution is 0.111. The minimum absolute atomic E-state index is 0.260. The van der Waals surface area contributed by atoms with E-state index in [4.69, 9.17) is 11.6 Å². The fourth-order valence-electron chi connectivity index (χ4n) is 3.10. The number of hydrogen-bond donors (Lipinski definition) is 0. The van der Waals surface area contributed by atoms with Crippen LogP contribution in [0.1, 0.15) is 61.1 Å². The van der Waals surface area contributed by atoms with E-state index in [0.717, 1.165) is 48.1 Å². The SMILES string of the molecule is CC.CCCCc1nc(Cl)c(C=O)n1Cc1ccc(-c2ccccc2C#N)cc1. The first kappa shape index (κ1) is 22.4. The van der Waals surface area contributed by atoms with E-state index in [2.05, 4.69) is 18.0 Å². The number of rotatable bonds is 7. The third kappa shape index (κ3) is 5.34. The summed E-state index contributed by atoms with van der Waals surface area (Å²) in [6.07, 6.45) is 3.60. The van der Waals surface area contributed by atoms with Crippen LogP contribution in [-0.2, 0) is 13.0 Å². The van der Waals surface area contributed by atoms with Crippen molar-refractivity contribution in [2.45, 2.75) is 46.6 Å². The average Bonchev–Trinajstić information content (AvgIpc) is 3.08. The predicted octanol–water partition coefficient (Wildman–Crippen LogP) is 6.30. The molecule has 0 aliphatic rings.